The van der Waals surface area contributed by atoms with Crippen LogP contribution in [-0.2, 0) is 16.8 Å². The van der Waals surface area contributed by atoms with Gasteiger partial charge in [0, 0.05) is 29.6 Å². The lowest BCUT2D eigenvalue weighted by Gasteiger charge is -2.24. The van der Waals surface area contributed by atoms with Gasteiger partial charge in [-0.05, 0) is 30.7 Å². The minimum Gasteiger partial charge on any atom is -0.491 e. The van der Waals surface area contributed by atoms with Crippen LogP contribution >= 0.6 is 0 Å². The number of rotatable bonds is 2. The molecule has 0 saturated carbocycles. The summed E-state index contributed by atoms with van der Waals surface area (Å²) in [5, 5.41) is 0. The van der Waals surface area contributed by atoms with Crippen LogP contribution in [0.15, 0.2) is 48.8 Å². The van der Waals surface area contributed by atoms with E-state index in [0.29, 0.717) is 42.8 Å². The number of fused-ring (bicyclic) bond motifs is 5. The Morgan fingerprint density at radius 1 is 0.967 bits per heavy atom. The maximum Gasteiger partial charge on any atom is 0.247 e. The molecule has 0 aliphatic carbocycles. The molecule has 150 valence electrons. The third-order valence-corrected chi connectivity index (χ3v) is 6.09. The van der Waals surface area contributed by atoms with Gasteiger partial charge in [0.15, 0.2) is 11.5 Å². The highest BCUT2D eigenvalue weighted by Gasteiger charge is 2.58. The zero-order valence-corrected chi connectivity index (χ0v) is 16.4. The van der Waals surface area contributed by atoms with Crippen molar-refractivity contribution in [1.82, 2.24) is 9.97 Å². The van der Waals surface area contributed by atoms with Crippen LogP contribution in [0.4, 0.5) is 5.82 Å². The van der Waals surface area contributed by atoms with E-state index in [1.54, 1.807) is 17.3 Å². The van der Waals surface area contributed by atoms with Gasteiger partial charge in [-0.25, -0.2) is 4.98 Å². The van der Waals surface area contributed by atoms with Gasteiger partial charge in [-0.2, -0.15) is 0 Å². The molecule has 0 saturated heterocycles. The number of pyridine rings is 2. The Kier molecular flexibility index (Phi) is 3.56. The molecule has 5 heterocycles. The fraction of sp³-hybridized carbons (Fsp3) is 0.261. The van der Waals surface area contributed by atoms with Crippen LogP contribution in [-0.4, -0.2) is 35.7 Å². The molecule has 1 unspecified atom stereocenters. The second kappa shape index (κ2) is 6.19. The van der Waals surface area contributed by atoms with E-state index in [0.717, 1.165) is 22.4 Å². The number of hydrogen-bond donors (Lipinski definition) is 0. The van der Waals surface area contributed by atoms with E-state index in [-0.39, 0.29) is 12.5 Å². The third kappa shape index (κ3) is 2.23. The molecule has 1 spiro atoms. The predicted molar refractivity (Wildman–Crippen MR) is 108 cm³/mol. The van der Waals surface area contributed by atoms with E-state index in [9.17, 15) is 4.79 Å². The Morgan fingerprint density at radius 2 is 1.73 bits per heavy atom. The van der Waals surface area contributed by atoms with Crippen LogP contribution in [0.1, 0.15) is 22.4 Å². The van der Waals surface area contributed by atoms with Crippen molar-refractivity contribution >= 4 is 11.7 Å². The molecule has 30 heavy (non-hydrogen) atoms. The Labute approximate surface area is 173 Å². The van der Waals surface area contributed by atoms with E-state index in [4.69, 9.17) is 14.2 Å². The summed E-state index contributed by atoms with van der Waals surface area (Å²) < 4.78 is 17.5. The average molecular weight is 401 g/mol. The number of amides is 1. The van der Waals surface area contributed by atoms with Crippen molar-refractivity contribution in [3.05, 3.63) is 71.2 Å². The topological polar surface area (TPSA) is 73.8 Å². The van der Waals surface area contributed by atoms with Crippen molar-refractivity contribution in [3.8, 4) is 17.2 Å². The molecule has 1 aromatic carbocycles. The maximum absolute atomic E-state index is 13.9. The van der Waals surface area contributed by atoms with Gasteiger partial charge in [-0.3, -0.25) is 14.7 Å². The van der Waals surface area contributed by atoms with Gasteiger partial charge in [0.1, 0.15) is 36.8 Å². The molecule has 1 atom stereocenters. The maximum atomic E-state index is 13.9. The number of anilines is 1. The molecule has 3 aromatic rings. The zero-order chi connectivity index (χ0) is 20.3. The Hall–Kier alpha value is -3.61. The van der Waals surface area contributed by atoms with Crippen molar-refractivity contribution < 1.29 is 19.0 Å². The van der Waals surface area contributed by atoms with Crippen molar-refractivity contribution in [1.29, 1.82) is 0 Å². The molecule has 7 heteroatoms. The van der Waals surface area contributed by atoms with Crippen LogP contribution in [0.25, 0.3) is 0 Å². The minimum absolute atomic E-state index is 0.0586. The molecular formula is C23H19N3O4. The van der Waals surface area contributed by atoms with Crippen LogP contribution in [0.3, 0.4) is 0 Å². The SMILES string of the molecule is Cc1cccnc1CN1C(=O)C2(COc3cc4c(cc32)OCCO4)c2cccnc21. The van der Waals surface area contributed by atoms with Gasteiger partial charge in [-0.1, -0.05) is 12.1 Å². The summed E-state index contributed by atoms with van der Waals surface area (Å²) in [4.78, 5) is 24.7. The summed E-state index contributed by atoms with van der Waals surface area (Å²) in [6.07, 6.45) is 3.46. The van der Waals surface area contributed by atoms with Crippen LogP contribution < -0.4 is 19.1 Å². The number of carbonyl (C=O) groups excluding carboxylic acids is 1. The number of aromatic nitrogens is 2. The van der Waals surface area contributed by atoms with Crippen molar-refractivity contribution in [2.75, 3.05) is 24.7 Å². The van der Waals surface area contributed by atoms with Crippen molar-refractivity contribution in [2.24, 2.45) is 0 Å². The first-order valence-electron chi connectivity index (χ1n) is 9.93. The lowest BCUT2D eigenvalue weighted by Crippen LogP contribution is -2.42. The highest BCUT2D eigenvalue weighted by atomic mass is 16.6. The number of hydrogen-bond acceptors (Lipinski definition) is 6. The summed E-state index contributed by atoms with van der Waals surface area (Å²) >= 11 is 0. The second-order valence-electron chi connectivity index (χ2n) is 7.72. The standard InChI is InChI=1S/C23H19N3O4/c1-14-4-2-6-24-17(14)12-26-21-15(5-3-7-25-21)23(22(26)27)13-30-18-11-20-19(10-16(18)23)28-8-9-29-20/h2-7,10-11H,8-9,12-13H2,1H3. The number of carbonyl (C=O) groups is 1. The summed E-state index contributed by atoms with van der Waals surface area (Å²) in [6.45, 7) is 3.56. The first-order chi connectivity index (χ1) is 14.7. The molecule has 1 amide bonds. The van der Waals surface area contributed by atoms with Gasteiger partial charge in [-0.15, -0.1) is 0 Å². The van der Waals surface area contributed by atoms with Crippen molar-refractivity contribution in [2.45, 2.75) is 18.9 Å². The monoisotopic (exact) mass is 401 g/mol. The van der Waals surface area contributed by atoms with Gasteiger partial charge in [0.2, 0.25) is 5.91 Å². The normalized spacial score (nSPS) is 20.8. The highest BCUT2D eigenvalue weighted by Crippen LogP contribution is 2.54. The molecular weight excluding hydrogens is 382 g/mol. The molecule has 7 nitrogen and oxygen atoms in total. The van der Waals surface area contributed by atoms with E-state index < -0.39 is 5.41 Å². The quantitative estimate of drug-likeness (QED) is 0.658. The Balaban J connectivity index is 1.50. The first kappa shape index (κ1) is 17.3. The number of ether oxygens (including phenoxy) is 3. The first-order valence-corrected chi connectivity index (χ1v) is 9.93. The smallest absolute Gasteiger partial charge is 0.247 e. The Morgan fingerprint density at radius 3 is 2.57 bits per heavy atom. The summed E-state index contributed by atoms with van der Waals surface area (Å²) in [5.74, 6) is 2.53. The largest absolute Gasteiger partial charge is 0.491 e. The number of aryl methyl sites for hydroxylation is 1. The van der Waals surface area contributed by atoms with Gasteiger partial charge in [0.05, 0.1) is 12.2 Å². The van der Waals surface area contributed by atoms with Crippen LogP contribution in [0.2, 0.25) is 0 Å². The number of nitrogens with zero attached hydrogens (tertiary/aromatic N) is 3. The average Bonchev–Trinajstić information content (AvgIpc) is 3.26. The zero-order valence-electron chi connectivity index (χ0n) is 16.4. The summed E-state index contributed by atoms with van der Waals surface area (Å²) in [5.41, 5.74) is 2.58. The lowest BCUT2D eigenvalue weighted by atomic mass is 9.77. The van der Waals surface area contributed by atoms with E-state index in [1.165, 1.54) is 0 Å². The fourth-order valence-corrected chi connectivity index (χ4v) is 4.55. The molecule has 0 bridgehead atoms. The predicted octanol–water partition coefficient (Wildman–Crippen LogP) is 2.78. The van der Waals surface area contributed by atoms with Gasteiger partial charge >= 0.3 is 0 Å². The molecule has 3 aliphatic heterocycles. The summed E-state index contributed by atoms with van der Waals surface area (Å²) in [6, 6.07) is 11.4. The molecule has 0 radical (unpaired) electrons. The Bertz CT molecular complexity index is 1190. The van der Waals surface area contributed by atoms with Gasteiger partial charge < -0.3 is 14.2 Å². The van der Waals surface area contributed by atoms with E-state index >= 15 is 0 Å². The molecule has 0 fully saturated rings. The third-order valence-electron chi connectivity index (χ3n) is 6.09. The van der Waals surface area contributed by atoms with Crippen LogP contribution in [0, 0.1) is 6.92 Å². The molecule has 3 aliphatic rings. The molecule has 2 aromatic heterocycles. The highest BCUT2D eigenvalue weighted by molar-refractivity contribution is 6.10. The van der Waals surface area contributed by atoms with Crippen molar-refractivity contribution in [3.63, 3.8) is 0 Å². The van der Waals surface area contributed by atoms with E-state index in [1.807, 2.05) is 43.3 Å². The van der Waals surface area contributed by atoms with Crippen LogP contribution in [0.5, 0.6) is 17.2 Å². The minimum atomic E-state index is -0.947. The second-order valence-corrected chi connectivity index (χ2v) is 7.72. The molecule has 0 N–H and O–H groups in total. The summed E-state index contributed by atoms with van der Waals surface area (Å²) in [7, 11) is 0. The number of benzene rings is 1. The van der Waals surface area contributed by atoms with Gasteiger partial charge in [0.25, 0.3) is 0 Å². The molecule has 6 rings (SSSR count). The fourth-order valence-electron chi connectivity index (χ4n) is 4.55. The lowest BCUT2D eigenvalue weighted by molar-refractivity contribution is -0.122. The van der Waals surface area contributed by atoms with E-state index in [2.05, 4.69) is 9.97 Å².